The van der Waals surface area contributed by atoms with Crippen LogP contribution in [0.3, 0.4) is 0 Å². The minimum atomic E-state index is -3.56. The predicted octanol–water partition coefficient (Wildman–Crippen LogP) is 2.29. The van der Waals surface area contributed by atoms with Crippen molar-refractivity contribution in [2.24, 2.45) is 0 Å². The number of nitrogens with two attached hydrogens (primary N) is 1. The van der Waals surface area contributed by atoms with Crippen LogP contribution in [0.5, 0.6) is 0 Å². The van der Waals surface area contributed by atoms with Gasteiger partial charge in [0.25, 0.3) is 0 Å². The molecule has 2 rings (SSSR count). The molecule has 0 aliphatic heterocycles. The molecular weight excluding hydrogens is 272 g/mol. The van der Waals surface area contributed by atoms with Crippen molar-refractivity contribution < 1.29 is 8.42 Å². The Kier molecular flexibility index (Phi) is 3.54. The maximum Gasteiger partial charge on any atom is 0.201 e. The van der Waals surface area contributed by atoms with E-state index in [2.05, 4.69) is 4.98 Å². The SMILES string of the molecule is Nc1cccnc1S(=O)(=O)Cc1cccc(Cl)c1. The van der Waals surface area contributed by atoms with Crippen molar-refractivity contribution >= 4 is 27.1 Å². The van der Waals surface area contributed by atoms with Crippen molar-refractivity contribution in [1.29, 1.82) is 0 Å². The number of halogens is 1. The molecule has 2 N–H and O–H groups in total. The second-order valence-corrected chi connectivity index (χ2v) is 6.13. The summed E-state index contributed by atoms with van der Waals surface area (Å²) in [6.45, 7) is 0. The molecule has 94 valence electrons. The molecule has 0 bridgehead atoms. The summed E-state index contributed by atoms with van der Waals surface area (Å²) in [5.74, 6) is -0.172. The number of pyridine rings is 1. The van der Waals surface area contributed by atoms with Gasteiger partial charge in [0.05, 0.1) is 11.4 Å². The molecule has 0 saturated carbocycles. The van der Waals surface area contributed by atoms with Crippen LogP contribution in [0, 0.1) is 0 Å². The first-order valence-corrected chi connectivity index (χ1v) is 7.20. The van der Waals surface area contributed by atoms with Crippen molar-refractivity contribution in [3.63, 3.8) is 0 Å². The summed E-state index contributed by atoms with van der Waals surface area (Å²) in [6.07, 6.45) is 1.40. The number of hydrogen-bond acceptors (Lipinski definition) is 4. The molecule has 1 heterocycles. The Morgan fingerprint density at radius 3 is 2.67 bits per heavy atom. The molecule has 0 aliphatic carbocycles. The largest absolute Gasteiger partial charge is 0.396 e. The highest BCUT2D eigenvalue weighted by Crippen LogP contribution is 2.21. The quantitative estimate of drug-likeness (QED) is 0.937. The van der Waals surface area contributed by atoms with E-state index in [0.29, 0.717) is 10.6 Å². The smallest absolute Gasteiger partial charge is 0.201 e. The van der Waals surface area contributed by atoms with E-state index in [0.717, 1.165) is 0 Å². The number of nitrogens with zero attached hydrogens (tertiary/aromatic N) is 1. The Hall–Kier alpha value is -1.59. The van der Waals surface area contributed by atoms with E-state index in [1.807, 2.05) is 0 Å². The third-order valence-corrected chi connectivity index (χ3v) is 4.22. The highest BCUT2D eigenvalue weighted by atomic mass is 35.5. The van der Waals surface area contributed by atoms with Gasteiger partial charge in [0.1, 0.15) is 0 Å². The van der Waals surface area contributed by atoms with Gasteiger partial charge in [-0.2, -0.15) is 0 Å². The summed E-state index contributed by atoms with van der Waals surface area (Å²) in [6, 6.07) is 9.80. The average molecular weight is 283 g/mol. The molecule has 0 fully saturated rings. The Labute approximate surface area is 110 Å². The van der Waals surface area contributed by atoms with Gasteiger partial charge in [-0.1, -0.05) is 23.7 Å². The lowest BCUT2D eigenvalue weighted by molar-refractivity contribution is 0.592. The van der Waals surface area contributed by atoms with E-state index in [1.165, 1.54) is 12.3 Å². The Bertz CT molecular complexity index is 671. The molecule has 4 nitrogen and oxygen atoms in total. The van der Waals surface area contributed by atoms with Crippen LogP contribution < -0.4 is 5.73 Å². The van der Waals surface area contributed by atoms with Gasteiger partial charge in [0.15, 0.2) is 5.03 Å². The van der Waals surface area contributed by atoms with E-state index in [4.69, 9.17) is 17.3 Å². The molecule has 2 aromatic rings. The molecule has 1 aromatic heterocycles. The number of benzene rings is 1. The monoisotopic (exact) mass is 282 g/mol. The standard InChI is InChI=1S/C12H11ClN2O2S/c13-10-4-1-3-9(7-10)8-18(16,17)12-11(14)5-2-6-15-12/h1-7H,8,14H2. The summed E-state index contributed by atoms with van der Waals surface area (Å²) in [5, 5.41) is 0.404. The van der Waals surface area contributed by atoms with E-state index in [-0.39, 0.29) is 16.5 Å². The molecule has 1 aromatic carbocycles. The van der Waals surface area contributed by atoms with Gasteiger partial charge < -0.3 is 5.73 Å². The van der Waals surface area contributed by atoms with E-state index < -0.39 is 9.84 Å². The lowest BCUT2D eigenvalue weighted by atomic mass is 10.2. The third-order valence-electron chi connectivity index (χ3n) is 2.34. The fourth-order valence-electron chi connectivity index (χ4n) is 1.58. The van der Waals surface area contributed by atoms with Gasteiger partial charge >= 0.3 is 0 Å². The van der Waals surface area contributed by atoms with Crippen LogP contribution in [-0.4, -0.2) is 13.4 Å². The Morgan fingerprint density at radius 2 is 2.00 bits per heavy atom. The van der Waals surface area contributed by atoms with Crippen molar-refractivity contribution in [2.75, 3.05) is 5.73 Å². The third kappa shape index (κ3) is 2.80. The Balaban J connectivity index is 2.37. The van der Waals surface area contributed by atoms with Crippen molar-refractivity contribution in [3.05, 3.63) is 53.2 Å². The Morgan fingerprint density at radius 1 is 1.22 bits per heavy atom. The first-order valence-electron chi connectivity index (χ1n) is 5.17. The molecule has 6 heteroatoms. The second kappa shape index (κ2) is 4.96. The topological polar surface area (TPSA) is 73.0 Å². The zero-order chi connectivity index (χ0) is 13.2. The van der Waals surface area contributed by atoms with E-state index in [1.54, 1.807) is 30.3 Å². The number of sulfone groups is 1. The first-order chi connectivity index (χ1) is 8.49. The number of hydrogen-bond donors (Lipinski definition) is 1. The zero-order valence-corrected chi connectivity index (χ0v) is 10.9. The van der Waals surface area contributed by atoms with Gasteiger partial charge in [0, 0.05) is 11.2 Å². The minimum absolute atomic E-state index is 0.0926. The molecule has 0 radical (unpaired) electrons. The minimum Gasteiger partial charge on any atom is -0.396 e. The molecule has 0 unspecified atom stereocenters. The normalized spacial score (nSPS) is 11.4. The van der Waals surface area contributed by atoms with Crippen LogP contribution in [0.15, 0.2) is 47.6 Å². The first kappa shape index (κ1) is 12.9. The van der Waals surface area contributed by atoms with Crippen LogP contribution in [0.1, 0.15) is 5.56 Å². The van der Waals surface area contributed by atoms with Gasteiger partial charge in [-0.05, 0) is 29.8 Å². The lowest BCUT2D eigenvalue weighted by Crippen LogP contribution is -2.09. The molecule has 18 heavy (non-hydrogen) atoms. The highest BCUT2D eigenvalue weighted by molar-refractivity contribution is 7.90. The van der Waals surface area contributed by atoms with Crippen LogP contribution in [0.4, 0.5) is 5.69 Å². The van der Waals surface area contributed by atoms with Crippen LogP contribution in [0.25, 0.3) is 0 Å². The maximum atomic E-state index is 12.1. The summed E-state index contributed by atoms with van der Waals surface area (Å²) >= 11 is 5.82. The molecule has 0 saturated heterocycles. The zero-order valence-electron chi connectivity index (χ0n) is 9.38. The highest BCUT2D eigenvalue weighted by Gasteiger charge is 2.19. The number of anilines is 1. The van der Waals surface area contributed by atoms with Gasteiger partial charge in [0.2, 0.25) is 9.84 Å². The summed E-state index contributed by atoms with van der Waals surface area (Å²) in [5.41, 5.74) is 6.38. The predicted molar refractivity (Wildman–Crippen MR) is 71.0 cm³/mol. The van der Waals surface area contributed by atoms with Crippen LogP contribution in [-0.2, 0) is 15.6 Å². The summed E-state index contributed by atoms with van der Waals surface area (Å²) in [7, 11) is -3.56. The summed E-state index contributed by atoms with van der Waals surface area (Å²) in [4.78, 5) is 3.82. The van der Waals surface area contributed by atoms with Crippen LogP contribution >= 0.6 is 11.6 Å². The van der Waals surface area contributed by atoms with Crippen molar-refractivity contribution in [1.82, 2.24) is 4.98 Å². The van der Waals surface area contributed by atoms with Crippen molar-refractivity contribution in [3.8, 4) is 0 Å². The fraction of sp³-hybridized carbons (Fsp3) is 0.0833. The lowest BCUT2D eigenvalue weighted by Gasteiger charge is -2.06. The number of nitrogen functional groups attached to an aromatic ring is 1. The molecular formula is C12H11ClN2O2S. The molecule has 0 aliphatic rings. The maximum absolute atomic E-state index is 12.1. The van der Waals surface area contributed by atoms with Gasteiger partial charge in [-0.15, -0.1) is 0 Å². The van der Waals surface area contributed by atoms with Crippen LogP contribution in [0.2, 0.25) is 5.02 Å². The number of rotatable bonds is 3. The van der Waals surface area contributed by atoms with Gasteiger partial charge in [-0.25, -0.2) is 13.4 Å². The van der Waals surface area contributed by atoms with Gasteiger partial charge in [-0.3, -0.25) is 0 Å². The fourth-order valence-corrected chi connectivity index (χ4v) is 3.19. The average Bonchev–Trinajstić information content (AvgIpc) is 2.28. The summed E-state index contributed by atoms with van der Waals surface area (Å²) < 4.78 is 24.3. The second-order valence-electron chi connectivity index (χ2n) is 3.79. The molecule has 0 atom stereocenters. The molecule has 0 spiro atoms. The van der Waals surface area contributed by atoms with E-state index in [9.17, 15) is 8.42 Å². The number of aromatic nitrogens is 1. The molecule has 0 amide bonds. The van der Waals surface area contributed by atoms with Crippen molar-refractivity contribution in [2.45, 2.75) is 10.8 Å². The van der Waals surface area contributed by atoms with E-state index >= 15 is 0 Å².